The van der Waals surface area contributed by atoms with Crippen molar-refractivity contribution >= 4 is 22.2 Å². The smallest absolute Gasteiger partial charge is 0.0789 e. The van der Waals surface area contributed by atoms with Crippen molar-refractivity contribution in [1.82, 2.24) is 0 Å². The molecule has 1 heteroatoms. The molecule has 1 aliphatic heterocycles. The quantitative estimate of drug-likeness (QED) is 0.322. The summed E-state index contributed by atoms with van der Waals surface area (Å²) in [6, 6.07) is 18.5. The first kappa shape index (κ1) is 19.5. The predicted octanol–water partition coefficient (Wildman–Crippen LogP) is 8.30. The molecule has 1 fully saturated rings. The molecule has 0 aromatic heterocycles. The number of hydrogen-bond donors (Lipinski definition) is 0. The van der Waals surface area contributed by atoms with Gasteiger partial charge in [-0.2, -0.15) is 0 Å². The molecule has 1 heterocycles. The van der Waals surface area contributed by atoms with Gasteiger partial charge in [0.05, 0.1) is 11.4 Å². The third kappa shape index (κ3) is 3.39. The lowest BCUT2D eigenvalue weighted by Gasteiger charge is -2.15. The summed E-state index contributed by atoms with van der Waals surface area (Å²) in [4.78, 5) is 5.16. The molecule has 0 bridgehead atoms. The zero-order valence-electron chi connectivity index (χ0n) is 18.8. The van der Waals surface area contributed by atoms with Gasteiger partial charge in [0, 0.05) is 16.5 Å². The molecule has 154 valence electrons. The van der Waals surface area contributed by atoms with Gasteiger partial charge < -0.3 is 0 Å². The lowest BCUT2D eigenvalue weighted by Crippen LogP contribution is -2.05. The first-order chi connectivity index (χ1) is 14.5. The highest BCUT2D eigenvalue weighted by Crippen LogP contribution is 2.41. The highest BCUT2D eigenvalue weighted by molar-refractivity contribution is 6.26. The molecule has 0 saturated heterocycles. The van der Waals surface area contributed by atoms with Gasteiger partial charge in [0.1, 0.15) is 0 Å². The fraction of sp³-hybridized carbons (Fsp3) is 0.414. The van der Waals surface area contributed by atoms with E-state index in [0.29, 0.717) is 11.8 Å². The van der Waals surface area contributed by atoms with Crippen molar-refractivity contribution < 1.29 is 0 Å². The van der Waals surface area contributed by atoms with E-state index in [1.165, 1.54) is 70.7 Å². The van der Waals surface area contributed by atoms with E-state index in [9.17, 15) is 0 Å². The molecule has 0 atom stereocenters. The Morgan fingerprint density at radius 1 is 0.867 bits per heavy atom. The maximum atomic E-state index is 5.16. The SMILES string of the molecule is CC(C)c1cc(C2=Nc3ccc(CC4CCCC4)c4cccc2c34)cc(C(C)C)c1. The van der Waals surface area contributed by atoms with Crippen LogP contribution in [0.2, 0.25) is 0 Å². The van der Waals surface area contributed by atoms with Gasteiger partial charge in [-0.3, -0.25) is 0 Å². The molecule has 1 aliphatic carbocycles. The van der Waals surface area contributed by atoms with Crippen LogP contribution in [0, 0.1) is 5.92 Å². The lowest BCUT2D eigenvalue weighted by molar-refractivity contribution is 0.548. The van der Waals surface area contributed by atoms with E-state index in [1.807, 2.05) is 0 Å². The van der Waals surface area contributed by atoms with Crippen LogP contribution in [0.25, 0.3) is 10.8 Å². The van der Waals surface area contributed by atoms with Crippen molar-refractivity contribution in [2.24, 2.45) is 10.9 Å². The Morgan fingerprint density at radius 2 is 1.57 bits per heavy atom. The number of benzene rings is 3. The van der Waals surface area contributed by atoms with Gasteiger partial charge >= 0.3 is 0 Å². The average molecular weight is 396 g/mol. The lowest BCUT2D eigenvalue weighted by atomic mass is 9.88. The molecule has 0 radical (unpaired) electrons. The first-order valence-electron chi connectivity index (χ1n) is 11.8. The predicted molar refractivity (Wildman–Crippen MR) is 130 cm³/mol. The van der Waals surface area contributed by atoms with Crippen molar-refractivity contribution in [2.75, 3.05) is 0 Å². The zero-order valence-corrected chi connectivity index (χ0v) is 18.8. The molecule has 1 nitrogen and oxygen atoms in total. The summed E-state index contributed by atoms with van der Waals surface area (Å²) in [5.41, 5.74) is 9.20. The molecular formula is C29H33N. The molecule has 0 unspecified atom stereocenters. The highest BCUT2D eigenvalue weighted by Gasteiger charge is 2.23. The molecule has 1 saturated carbocycles. The van der Waals surface area contributed by atoms with Crippen molar-refractivity contribution in [2.45, 2.75) is 71.6 Å². The van der Waals surface area contributed by atoms with E-state index in [-0.39, 0.29) is 0 Å². The Morgan fingerprint density at radius 3 is 2.23 bits per heavy atom. The van der Waals surface area contributed by atoms with E-state index in [1.54, 1.807) is 0 Å². The summed E-state index contributed by atoms with van der Waals surface area (Å²) in [6.45, 7) is 9.13. The maximum Gasteiger partial charge on any atom is 0.0789 e. The third-order valence-corrected chi connectivity index (χ3v) is 7.16. The van der Waals surface area contributed by atoms with Gasteiger partial charge in [-0.1, -0.05) is 83.7 Å². The second-order valence-electron chi connectivity index (χ2n) is 9.98. The second kappa shape index (κ2) is 7.69. The van der Waals surface area contributed by atoms with Gasteiger partial charge in [0.15, 0.2) is 0 Å². The fourth-order valence-electron chi connectivity index (χ4n) is 5.32. The second-order valence-corrected chi connectivity index (χ2v) is 9.98. The molecule has 0 amide bonds. The highest BCUT2D eigenvalue weighted by atomic mass is 14.8. The topological polar surface area (TPSA) is 12.4 Å². The summed E-state index contributed by atoms with van der Waals surface area (Å²) < 4.78 is 0. The van der Waals surface area contributed by atoms with E-state index in [0.717, 1.165) is 17.3 Å². The van der Waals surface area contributed by atoms with Crippen LogP contribution in [0.3, 0.4) is 0 Å². The van der Waals surface area contributed by atoms with E-state index in [4.69, 9.17) is 4.99 Å². The van der Waals surface area contributed by atoms with Crippen LogP contribution in [0.15, 0.2) is 53.5 Å². The van der Waals surface area contributed by atoms with Gasteiger partial charge in [-0.25, -0.2) is 4.99 Å². The Labute approximate surface area is 181 Å². The third-order valence-electron chi connectivity index (χ3n) is 7.16. The van der Waals surface area contributed by atoms with Crippen LogP contribution in [0.4, 0.5) is 5.69 Å². The summed E-state index contributed by atoms with van der Waals surface area (Å²) in [5.74, 6) is 1.89. The molecule has 3 aromatic rings. The fourth-order valence-corrected chi connectivity index (χ4v) is 5.32. The summed E-state index contributed by atoms with van der Waals surface area (Å²) in [5, 5.41) is 2.78. The van der Waals surface area contributed by atoms with Crippen molar-refractivity contribution in [3.05, 3.63) is 76.3 Å². The van der Waals surface area contributed by atoms with Crippen LogP contribution in [-0.2, 0) is 6.42 Å². The minimum Gasteiger partial charge on any atom is -0.247 e. The molecule has 5 rings (SSSR count). The molecule has 2 aliphatic rings. The molecule has 0 N–H and O–H groups in total. The summed E-state index contributed by atoms with van der Waals surface area (Å²) >= 11 is 0. The molecule has 30 heavy (non-hydrogen) atoms. The average Bonchev–Trinajstić information content (AvgIpc) is 3.38. The Bertz CT molecular complexity index is 1100. The monoisotopic (exact) mass is 395 g/mol. The van der Waals surface area contributed by atoms with Gasteiger partial charge in [-0.15, -0.1) is 0 Å². The molecule has 0 spiro atoms. The standard InChI is InChI=1S/C29H33N/c1-18(2)22-15-23(19(3)4)17-24(16-22)29-26-11-7-10-25-21(14-20-8-5-6-9-20)12-13-27(30-29)28(25)26/h7,10-13,15-20H,5-6,8-9,14H2,1-4H3. The van der Waals surface area contributed by atoms with Crippen LogP contribution in [-0.4, -0.2) is 5.71 Å². The van der Waals surface area contributed by atoms with Crippen LogP contribution < -0.4 is 0 Å². The maximum absolute atomic E-state index is 5.16. The first-order valence-corrected chi connectivity index (χ1v) is 11.8. The Balaban J connectivity index is 1.61. The Kier molecular flexibility index (Phi) is 5.01. The number of nitrogens with zero attached hydrogens (tertiary/aromatic N) is 1. The van der Waals surface area contributed by atoms with Gasteiger partial charge in [0.25, 0.3) is 0 Å². The number of rotatable bonds is 5. The van der Waals surface area contributed by atoms with E-state index in [2.05, 4.69) is 76.2 Å². The normalized spacial score (nSPS) is 16.3. The van der Waals surface area contributed by atoms with E-state index < -0.39 is 0 Å². The van der Waals surface area contributed by atoms with Crippen LogP contribution in [0.5, 0.6) is 0 Å². The van der Waals surface area contributed by atoms with Crippen LogP contribution >= 0.6 is 0 Å². The zero-order chi connectivity index (χ0) is 20.8. The number of hydrogen-bond acceptors (Lipinski definition) is 1. The Hall–Kier alpha value is -2.41. The van der Waals surface area contributed by atoms with E-state index >= 15 is 0 Å². The number of aliphatic imine (C=N–C) groups is 1. The molecule has 3 aromatic carbocycles. The van der Waals surface area contributed by atoms with Gasteiger partial charge in [0.2, 0.25) is 0 Å². The minimum absolute atomic E-state index is 0.514. The molecular weight excluding hydrogens is 362 g/mol. The van der Waals surface area contributed by atoms with Crippen molar-refractivity contribution in [3.8, 4) is 0 Å². The summed E-state index contributed by atoms with van der Waals surface area (Å²) in [6.07, 6.45) is 6.82. The minimum atomic E-state index is 0.514. The van der Waals surface area contributed by atoms with Crippen LogP contribution in [0.1, 0.15) is 93.0 Å². The van der Waals surface area contributed by atoms with Gasteiger partial charge in [-0.05, 0) is 64.5 Å². The summed E-state index contributed by atoms with van der Waals surface area (Å²) in [7, 11) is 0. The van der Waals surface area contributed by atoms with Crippen molar-refractivity contribution in [3.63, 3.8) is 0 Å². The largest absolute Gasteiger partial charge is 0.247 e. The van der Waals surface area contributed by atoms with Crippen molar-refractivity contribution in [1.29, 1.82) is 0 Å².